The fourth-order valence-electron chi connectivity index (χ4n) is 4.50. The Morgan fingerprint density at radius 1 is 1.00 bits per heavy atom. The molecule has 0 saturated heterocycles. The van der Waals surface area contributed by atoms with E-state index in [9.17, 15) is 9.00 Å². The Balaban J connectivity index is 1.25. The average Bonchev–Trinajstić information content (AvgIpc) is 3.65. The average molecular weight is 531 g/mol. The predicted octanol–water partition coefficient (Wildman–Crippen LogP) is 6.73. The highest BCUT2D eigenvalue weighted by Crippen LogP contribution is 2.33. The minimum atomic E-state index is -1.12. The zero-order valence-electron chi connectivity index (χ0n) is 20.7. The highest BCUT2D eigenvalue weighted by Gasteiger charge is 2.33. The molecule has 1 saturated carbocycles. The molecule has 1 aliphatic carbocycles. The third kappa shape index (κ3) is 6.64. The number of nitrogens with zero attached hydrogens (tertiary/aromatic N) is 2. The summed E-state index contributed by atoms with van der Waals surface area (Å²) >= 11 is 1.42. The molecule has 1 unspecified atom stereocenters. The largest absolute Gasteiger partial charge is 0.323 e. The maximum absolute atomic E-state index is 13.3. The summed E-state index contributed by atoms with van der Waals surface area (Å²) < 4.78 is 14.2. The van der Waals surface area contributed by atoms with Crippen molar-refractivity contribution >= 4 is 39.2 Å². The molecule has 2 N–H and O–H groups in total. The third-order valence-electron chi connectivity index (χ3n) is 6.47. The van der Waals surface area contributed by atoms with Crippen molar-refractivity contribution < 1.29 is 9.00 Å². The monoisotopic (exact) mass is 530 g/mol. The summed E-state index contributed by atoms with van der Waals surface area (Å²) in [4.78, 5) is 19.9. The van der Waals surface area contributed by atoms with Gasteiger partial charge in [-0.2, -0.15) is 0 Å². The van der Waals surface area contributed by atoms with Crippen LogP contribution in [0.3, 0.4) is 0 Å². The zero-order chi connectivity index (χ0) is 25.6. The van der Waals surface area contributed by atoms with E-state index < -0.39 is 11.0 Å². The number of hydrogen-bond donors (Lipinski definition) is 2. The Morgan fingerprint density at radius 2 is 1.62 bits per heavy atom. The Labute approximate surface area is 224 Å². The normalized spacial score (nSPS) is 13.8. The van der Waals surface area contributed by atoms with Gasteiger partial charge in [0.05, 0.1) is 5.69 Å². The topological polar surface area (TPSA) is 74.3 Å². The maximum Gasteiger partial charge on any atom is 0.323 e. The number of aromatic nitrogens is 1. The van der Waals surface area contributed by atoms with Crippen molar-refractivity contribution in [2.45, 2.75) is 31.2 Å². The lowest BCUT2D eigenvalue weighted by Crippen LogP contribution is -2.38. The molecule has 0 aliphatic heterocycles. The lowest BCUT2D eigenvalue weighted by Gasteiger charge is -2.26. The lowest BCUT2D eigenvalue weighted by molar-refractivity contribution is 0.207. The standard InChI is InChI=1S/C29H30N4O2S2/c1-37(35)32-24-14-12-23(13-15-24)27-20-36-28(30-27)31-29(34)33(25-16-17-25)19-18-26(21-8-4-2-5-9-21)22-10-6-3-7-11-22/h2-15,20,25-26,32H,16-19H2,1H3,(H,30,31,34). The lowest BCUT2D eigenvalue weighted by atomic mass is 9.88. The first-order valence-electron chi connectivity index (χ1n) is 12.4. The number of carbonyl (C=O) groups excluding carboxylic acids is 1. The van der Waals surface area contributed by atoms with E-state index in [2.05, 4.69) is 63.6 Å². The fourth-order valence-corrected chi connectivity index (χ4v) is 5.68. The molecule has 190 valence electrons. The van der Waals surface area contributed by atoms with Crippen molar-refractivity contribution in [3.05, 3.63) is 101 Å². The molecule has 1 aliphatic rings. The number of amides is 2. The second-order valence-corrected chi connectivity index (χ2v) is 11.2. The Kier molecular flexibility index (Phi) is 7.96. The summed E-state index contributed by atoms with van der Waals surface area (Å²) in [5.74, 6) is 0.227. The molecule has 1 fully saturated rings. The van der Waals surface area contributed by atoms with E-state index in [0.29, 0.717) is 11.7 Å². The van der Waals surface area contributed by atoms with Crippen molar-refractivity contribution in [1.29, 1.82) is 0 Å². The zero-order valence-corrected chi connectivity index (χ0v) is 22.3. The molecule has 1 atom stereocenters. The van der Waals surface area contributed by atoms with Gasteiger partial charge in [0.15, 0.2) is 5.13 Å². The molecule has 4 aromatic rings. The van der Waals surface area contributed by atoms with Gasteiger partial charge < -0.3 is 9.62 Å². The van der Waals surface area contributed by atoms with Gasteiger partial charge in [-0.05, 0) is 42.5 Å². The van der Waals surface area contributed by atoms with Crippen LogP contribution in [0, 0.1) is 0 Å². The van der Waals surface area contributed by atoms with E-state index in [4.69, 9.17) is 0 Å². The van der Waals surface area contributed by atoms with E-state index in [1.807, 2.05) is 46.7 Å². The Bertz CT molecular complexity index is 1300. The smallest absolute Gasteiger partial charge is 0.321 e. The van der Waals surface area contributed by atoms with Crippen LogP contribution in [-0.4, -0.2) is 39.0 Å². The molecule has 0 bridgehead atoms. The first kappa shape index (κ1) is 25.2. The first-order valence-corrected chi connectivity index (χ1v) is 14.8. The molecule has 2 amide bonds. The Hall–Kier alpha value is -3.49. The van der Waals surface area contributed by atoms with E-state index in [0.717, 1.165) is 36.2 Å². The summed E-state index contributed by atoms with van der Waals surface area (Å²) in [5.41, 5.74) is 5.06. The number of carbonyl (C=O) groups is 1. The van der Waals surface area contributed by atoms with Gasteiger partial charge in [0, 0.05) is 41.4 Å². The van der Waals surface area contributed by atoms with E-state index in [1.54, 1.807) is 6.26 Å². The Morgan fingerprint density at radius 3 is 2.19 bits per heavy atom. The summed E-state index contributed by atoms with van der Waals surface area (Å²) in [6.45, 7) is 0.677. The molecule has 5 rings (SSSR count). The van der Waals surface area contributed by atoms with Crippen LogP contribution in [0.2, 0.25) is 0 Å². The highest BCUT2D eigenvalue weighted by atomic mass is 32.2. The fraction of sp³-hybridized carbons (Fsp3) is 0.241. The number of benzene rings is 3. The van der Waals surface area contributed by atoms with Crippen LogP contribution in [0.4, 0.5) is 15.6 Å². The van der Waals surface area contributed by atoms with Crippen LogP contribution in [0.1, 0.15) is 36.3 Å². The number of thiazole rings is 1. The van der Waals surface area contributed by atoms with Crippen LogP contribution in [0.5, 0.6) is 0 Å². The van der Waals surface area contributed by atoms with Crippen LogP contribution in [0.15, 0.2) is 90.3 Å². The molecule has 3 aromatic carbocycles. The van der Waals surface area contributed by atoms with Crippen molar-refractivity contribution in [3.8, 4) is 11.3 Å². The summed E-state index contributed by atoms with van der Waals surface area (Å²) in [7, 11) is -1.12. The van der Waals surface area contributed by atoms with Gasteiger partial charge in [-0.25, -0.2) is 14.0 Å². The second kappa shape index (κ2) is 11.7. The van der Waals surface area contributed by atoms with Crippen LogP contribution >= 0.6 is 11.3 Å². The minimum absolute atomic E-state index is 0.0896. The predicted molar refractivity (Wildman–Crippen MR) is 153 cm³/mol. The summed E-state index contributed by atoms with van der Waals surface area (Å²) in [6.07, 6.45) is 4.53. The molecule has 0 radical (unpaired) electrons. The molecule has 6 nitrogen and oxygen atoms in total. The number of rotatable bonds is 10. The molecule has 37 heavy (non-hydrogen) atoms. The van der Waals surface area contributed by atoms with Gasteiger partial charge in [0.25, 0.3) is 0 Å². The molecular formula is C29H30N4O2S2. The minimum Gasteiger partial charge on any atom is -0.321 e. The van der Waals surface area contributed by atoms with Gasteiger partial charge in [0.2, 0.25) is 0 Å². The third-order valence-corrected chi connectivity index (χ3v) is 7.75. The number of nitrogens with one attached hydrogen (secondary N) is 2. The maximum atomic E-state index is 13.3. The van der Waals surface area contributed by atoms with Gasteiger partial charge in [0.1, 0.15) is 11.0 Å². The molecule has 1 aromatic heterocycles. The van der Waals surface area contributed by atoms with Gasteiger partial charge in [-0.1, -0.05) is 72.8 Å². The van der Waals surface area contributed by atoms with Crippen LogP contribution in [0.25, 0.3) is 11.3 Å². The van der Waals surface area contributed by atoms with Crippen molar-refractivity contribution in [1.82, 2.24) is 9.88 Å². The van der Waals surface area contributed by atoms with Crippen molar-refractivity contribution in [3.63, 3.8) is 0 Å². The number of anilines is 2. The number of urea groups is 1. The molecule has 0 spiro atoms. The summed E-state index contributed by atoms with van der Waals surface area (Å²) in [6, 6.07) is 28.9. The van der Waals surface area contributed by atoms with E-state index in [1.165, 1.54) is 22.5 Å². The van der Waals surface area contributed by atoms with Crippen LogP contribution in [-0.2, 0) is 11.0 Å². The van der Waals surface area contributed by atoms with E-state index in [-0.39, 0.29) is 18.0 Å². The highest BCUT2D eigenvalue weighted by molar-refractivity contribution is 7.85. The second-order valence-electron chi connectivity index (χ2n) is 9.19. The first-order chi connectivity index (χ1) is 18.1. The van der Waals surface area contributed by atoms with Crippen molar-refractivity contribution in [2.24, 2.45) is 0 Å². The molecular weight excluding hydrogens is 500 g/mol. The van der Waals surface area contributed by atoms with Gasteiger partial charge in [-0.3, -0.25) is 5.32 Å². The van der Waals surface area contributed by atoms with Crippen molar-refractivity contribution in [2.75, 3.05) is 22.8 Å². The quantitative estimate of drug-likeness (QED) is 0.239. The SMILES string of the molecule is CS(=O)Nc1ccc(-c2csc(NC(=O)N(CCC(c3ccccc3)c3ccccc3)C3CC3)n2)cc1. The molecule has 1 heterocycles. The van der Waals surface area contributed by atoms with Gasteiger partial charge in [-0.15, -0.1) is 11.3 Å². The van der Waals surface area contributed by atoms with Gasteiger partial charge >= 0.3 is 6.03 Å². The number of hydrogen-bond acceptors (Lipinski definition) is 4. The summed E-state index contributed by atoms with van der Waals surface area (Å²) in [5, 5.41) is 5.57. The molecule has 8 heteroatoms. The van der Waals surface area contributed by atoms with Crippen LogP contribution < -0.4 is 10.0 Å². The van der Waals surface area contributed by atoms with E-state index >= 15 is 0 Å².